The van der Waals surface area contributed by atoms with Crippen LogP contribution < -0.4 is 5.48 Å². The Labute approximate surface area is 52.1 Å². The van der Waals surface area contributed by atoms with Gasteiger partial charge in [0.05, 0.1) is 6.04 Å². The van der Waals surface area contributed by atoms with Gasteiger partial charge in [-0.15, -0.1) is 0 Å². The van der Waals surface area contributed by atoms with Crippen molar-refractivity contribution >= 4 is 6.29 Å². The van der Waals surface area contributed by atoms with E-state index in [1.807, 2.05) is 0 Å². The molecule has 0 spiro atoms. The van der Waals surface area contributed by atoms with Crippen LogP contribution in [-0.2, 0) is 9.73 Å². The maximum Gasteiger partial charge on any atom is 0.141 e. The highest BCUT2D eigenvalue weighted by Gasteiger charge is 2.30. The van der Waals surface area contributed by atoms with E-state index in [1.54, 1.807) is 6.92 Å². The van der Waals surface area contributed by atoms with Gasteiger partial charge in [0.15, 0.2) is 0 Å². The van der Waals surface area contributed by atoms with Crippen molar-refractivity contribution in [3.8, 4) is 0 Å². The SMILES string of the molecule is CC1C(C=O)NON1O. The molecule has 1 fully saturated rings. The van der Waals surface area contributed by atoms with Crippen molar-refractivity contribution in [2.24, 2.45) is 0 Å². The molecule has 0 saturated carbocycles. The summed E-state index contributed by atoms with van der Waals surface area (Å²) in [6.07, 6.45) is 0.681. The molecule has 0 bridgehead atoms. The van der Waals surface area contributed by atoms with Gasteiger partial charge in [0.2, 0.25) is 0 Å². The van der Waals surface area contributed by atoms with E-state index in [-0.39, 0.29) is 6.04 Å². The summed E-state index contributed by atoms with van der Waals surface area (Å²) in [5, 5.41) is 9.30. The van der Waals surface area contributed by atoms with Crippen LogP contribution in [0.4, 0.5) is 0 Å². The minimum atomic E-state index is -0.435. The minimum absolute atomic E-state index is 0.317. The van der Waals surface area contributed by atoms with Gasteiger partial charge in [-0.05, 0) is 12.2 Å². The number of carbonyl (C=O) groups is 1. The fourth-order valence-electron chi connectivity index (χ4n) is 0.575. The van der Waals surface area contributed by atoms with Crippen LogP contribution >= 0.6 is 0 Å². The number of hydrogen-bond acceptors (Lipinski definition) is 5. The molecule has 2 atom stereocenters. The molecule has 1 heterocycles. The summed E-state index contributed by atoms with van der Waals surface area (Å²) in [6.45, 7) is 1.67. The molecule has 2 unspecified atom stereocenters. The summed E-state index contributed by atoms with van der Waals surface area (Å²) in [6, 6.07) is -0.752. The highest BCUT2D eigenvalue weighted by molar-refractivity contribution is 5.58. The normalized spacial score (nSPS) is 37.1. The first kappa shape index (κ1) is 6.63. The van der Waals surface area contributed by atoms with E-state index in [0.717, 1.165) is 0 Å². The van der Waals surface area contributed by atoms with E-state index in [4.69, 9.17) is 5.21 Å². The van der Waals surface area contributed by atoms with Gasteiger partial charge in [-0.1, -0.05) is 0 Å². The third-order valence-electron chi connectivity index (χ3n) is 1.30. The van der Waals surface area contributed by atoms with E-state index in [0.29, 0.717) is 11.5 Å². The van der Waals surface area contributed by atoms with Crippen LogP contribution in [0.5, 0.6) is 0 Å². The Bertz CT molecular complexity index is 118. The lowest BCUT2D eigenvalue weighted by molar-refractivity contribution is -0.346. The van der Waals surface area contributed by atoms with Gasteiger partial charge in [0, 0.05) is 0 Å². The first-order valence-electron chi connectivity index (χ1n) is 2.61. The van der Waals surface area contributed by atoms with E-state index in [9.17, 15) is 4.79 Å². The van der Waals surface area contributed by atoms with E-state index < -0.39 is 6.04 Å². The third kappa shape index (κ3) is 1.08. The Kier molecular flexibility index (Phi) is 1.77. The zero-order chi connectivity index (χ0) is 6.85. The largest absolute Gasteiger partial charge is 0.301 e. The summed E-state index contributed by atoms with van der Waals surface area (Å²) in [5.74, 6) is 0. The fraction of sp³-hybridized carbons (Fsp3) is 0.750. The molecule has 9 heavy (non-hydrogen) atoms. The third-order valence-corrected chi connectivity index (χ3v) is 1.30. The highest BCUT2D eigenvalue weighted by atomic mass is 17.0. The zero-order valence-electron chi connectivity index (χ0n) is 4.94. The Morgan fingerprint density at radius 1 is 1.89 bits per heavy atom. The molecule has 5 heteroatoms. The van der Waals surface area contributed by atoms with Crippen molar-refractivity contribution in [1.29, 1.82) is 0 Å². The fourth-order valence-corrected chi connectivity index (χ4v) is 0.575. The maximum absolute atomic E-state index is 10.1. The first-order chi connectivity index (χ1) is 4.25. The second-order valence-electron chi connectivity index (χ2n) is 1.91. The van der Waals surface area contributed by atoms with Crippen molar-refractivity contribution in [1.82, 2.24) is 10.7 Å². The monoisotopic (exact) mass is 132 g/mol. The molecule has 52 valence electrons. The van der Waals surface area contributed by atoms with Crippen molar-refractivity contribution in [3.63, 3.8) is 0 Å². The summed E-state index contributed by atoms with van der Waals surface area (Å²) < 4.78 is 0. The number of carbonyl (C=O) groups excluding carboxylic acids is 1. The topological polar surface area (TPSA) is 61.8 Å². The molecule has 0 aromatic rings. The molecule has 1 aliphatic heterocycles. The molecule has 1 aliphatic rings. The van der Waals surface area contributed by atoms with Gasteiger partial charge in [-0.25, -0.2) is 0 Å². The number of rotatable bonds is 1. The number of nitrogens with zero attached hydrogens (tertiary/aromatic N) is 1. The second-order valence-corrected chi connectivity index (χ2v) is 1.91. The Hall–Kier alpha value is -0.490. The Morgan fingerprint density at radius 2 is 2.56 bits per heavy atom. The van der Waals surface area contributed by atoms with Crippen LogP contribution in [0.3, 0.4) is 0 Å². The quantitative estimate of drug-likeness (QED) is 0.452. The standard InChI is InChI=1S/C4H8N2O3/c1-3-4(2-7)5-9-6(3)8/h2-5,8H,1H3. The smallest absolute Gasteiger partial charge is 0.141 e. The number of hydroxylamine groups is 3. The number of aldehydes is 1. The molecule has 0 amide bonds. The van der Waals surface area contributed by atoms with Crippen molar-refractivity contribution in [2.45, 2.75) is 19.0 Å². The van der Waals surface area contributed by atoms with Crippen molar-refractivity contribution in [3.05, 3.63) is 0 Å². The van der Waals surface area contributed by atoms with Crippen LogP contribution in [0.15, 0.2) is 0 Å². The van der Waals surface area contributed by atoms with Gasteiger partial charge < -0.3 is 4.79 Å². The van der Waals surface area contributed by atoms with Gasteiger partial charge in [0.25, 0.3) is 0 Å². The lowest BCUT2D eigenvalue weighted by atomic mass is 10.2. The average molecular weight is 132 g/mol. The Balaban J connectivity index is 2.50. The summed E-state index contributed by atoms with van der Waals surface area (Å²) in [5.41, 5.74) is 2.31. The molecular formula is C4H8N2O3. The summed E-state index contributed by atoms with van der Waals surface area (Å²) >= 11 is 0. The highest BCUT2D eigenvalue weighted by Crippen LogP contribution is 2.06. The van der Waals surface area contributed by atoms with Gasteiger partial charge in [-0.2, -0.15) is 10.4 Å². The van der Waals surface area contributed by atoms with Crippen molar-refractivity contribution < 1.29 is 14.9 Å². The van der Waals surface area contributed by atoms with Crippen LogP contribution in [0, 0.1) is 0 Å². The lowest BCUT2D eigenvalue weighted by Crippen LogP contribution is -2.32. The van der Waals surface area contributed by atoms with Crippen LogP contribution in [-0.4, -0.2) is 28.8 Å². The van der Waals surface area contributed by atoms with Crippen LogP contribution in [0.1, 0.15) is 6.92 Å². The molecule has 0 aliphatic carbocycles. The predicted octanol–water partition coefficient (Wildman–Crippen LogP) is -0.917. The van der Waals surface area contributed by atoms with Gasteiger partial charge >= 0.3 is 0 Å². The van der Waals surface area contributed by atoms with Gasteiger partial charge in [0.1, 0.15) is 12.3 Å². The molecule has 0 aromatic carbocycles. The maximum atomic E-state index is 10.1. The molecule has 0 aromatic heterocycles. The molecule has 5 nitrogen and oxygen atoms in total. The van der Waals surface area contributed by atoms with Crippen molar-refractivity contribution in [2.75, 3.05) is 0 Å². The number of nitrogens with one attached hydrogen (secondary N) is 1. The van der Waals surface area contributed by atoms with E-state index >= 15 is 0 Å². The molecule has 0 radical (unpaired) electrons. The molecule has 2 N–H and O–H groups in total. The lowest BCUT2D eigenvalue weighted by Gasteiger charge is -2.07. The molecule has 1 saturated heterocycles. The van der Waals surface area contributed by atoms with E-state index in [1.165, 1.54) is 0 Å². The van der Waals surface area contributed by atoms with Gasteiger partial charge in [-0.3, -0.25) is 5.21 Å². The summed E-state index contributed by atoms with van der Waals surface area (Å²) in [7, 11) is 0. The van der Waals surface area contributed by atoms with Crippen LogP contribution in [0.2, 0.25) is 0 Å². The predicted molar refractivity (Wildman–Crippen MR) is 27.2 cm³/mol. The zero-order valence-corrected chi connectivity index (χ0v) is 4.94. The Morgan fingerprint density at radius 3 is 2.78 bits per heavy atom. The number of hydrogen-bond donors (Lipinski definition) is 2. The minimum Gasteiger partial charge on any atom is -0.301 e. The molecule has 1 rings (SSSR count). The second kappa shape index (κ2) is 2.40. The average Bonchev–Trinajstić information content (AvgIpc) is 2.15. The van der Waals surface area contributed by atoms with E-state index in [2.05, 4.69) is 10.4 Å². The van der Waals surface area contributed by atoms with Crippen LogP contribution in [0.25, 0.3) is 0 Å². The first-order valence-corrected chi connectivity index (χ1v) is 2.61. The molecular weight excluding hydrogens is 124 g/mol. The summed E-state index contributed by atoms with van der Waals surface area (Å²) in [4.78, 5) is 14.5.